The molecular weight excluding hydrogens is 278 g/mol. The molecule has 2 heterocycles. The maximum Gasteiger partial charge on any atom is 0.350 e. The van der Waals surface area contributed by atoms with Crippen LogP contribution in [0.25, 0.3) is 0 Å². The Morgan fingerprint density at radius 3 is 2.90 bits per heavy atom. The summed E-state index contributed by atoms with van der Waals surface area (Å²) in [5, 5.41) is 9.89. The van der Waals surface area contributed by atoms with Gasteiger partial charge in [0.2, 0.25) is 0 Å². The number of carbonyl (C=O) groups is 1. The fourth-order valence-electron chi connectivity index (χ4n) is 2.33. The highest BCUT2D eigenvalue weighted by atomic mass is 32.1. The van der Waals surface area contributed by atoms with Gasteiger partial charge in [-0.25, -0.2) is 9.78 Å². The van der Waals surface area contributed by atoms with Crippen molar-refractivity contribution < 1.29 is 14.6 Å². The zero-order valence-corrected chi connectivity index (χ0v) is 12.8. The van der Waals surface area contributed by atoms with E-state index in [4.69, 9.17) is 9.84 Å². The number of nitrogens with zero attached hydrogens (tertiary/aromatic N) is 3. The third kappa shape index (κ3) is 3.47. The molecule has 0 aromatic carbocycles. The largest absolute Gasteiger partial charge is 0.465 e. The van der Waals surface area contributed by atoms with Gasteiger partial charge >= 0.3 is 5.97 Å². The molecule has 0 unspecified atom stereocenters. The smallest absolute Gasteiger partial charge is 0.350 e. The van der Waals surface area contributed by atoms with Crippen LogP contribution in [0.2, 0.25) is 0 Å². The lowest BCUT2D eigenvalue weighted by Crippen LogP contribution is -2.32. The van der Waals surface area contributed by atoms with Crippen LogP contribution in [0.4, 0.5) is 5.13 Å². The first-order valence-corrected chi connectivity index (χ1v) is 7.61. The molecule has 0 spiro atoms. The summed E-state index contributed by atoms with van der Waals surface area (Å²) in [5.41, 5.74) is 0.730. The summed E-state index contributed by atoms with van der Waals surface area (Å²) in [6.45, 7) is 6.45. The number of aryl methyl sites for hydroxylation is 1. The first-order chi connectivity index (χ1) is 9.65. The van der Waals surface area contributed by atoms with Crippen molar-refractivity contribution in [3.63, 3.8) is 0 Å². The van der Waals surface area contributed by atoms with Crippen LogP contribution >= 0.6 is 11.3 Å². The van der Waals surface area contributed by atoms with Crippen molar-refractivity contribution in [1.82, 2.24) is 9.88 Å². The molecule has 7 heteroatoms. The number of rotatable bonds is 4. The molecule has 0 amide bonds. The minimum absolute atomic E-state index is 0.197. The number of ether oxygens (including phenoxy) is 1. The van der Waals surface area contributed by atoms with E-state index in [9.17, 15) is 4.79 Å². The number of thiazole rings is 1. The van der Waals surface area contributed by atoms with E-state index in [0.29, 0.717) is 4.88 Å². The van der Waals surface area contributed by atoms with Gasteiger partial charge in [0.25, 0.3) is 0 Å². The topological polar surface area (TPSA) is 65.9 Å². The summed E-state index contributed by atoms with van der Waals surface area (Å²) in [6, 6.07) is 0. The minimum atomic E-state index is -0.317. The lowest BCUT2D eigenvalue weighted by atomic mass is 10.4. The van der Waals surface area contributed by atoms with Crippen molar-refractivity contribution in [3.05, 3.63) is 10.6 Å². The van der Waals surface area contributed by atoms with Gasteiger partial charge in [0.15, 0.2) is 5.13 Å². The second-order valence-corrected chi connectivity index (χ2v) is 5.79. The zero-order chi connectivity index (χ0) is 14.5. The Hall–Kier alpha value is -1.18. The van der Waals surface area contributed by atoms with Crippen LogP contribution in [0.1, 0.15) is 21.8 Å². The second kappa shape index (κ2) is 7.01. The average molecular weight is 299 g/mol. The van der Waals surface area contributed by atoms with Gasteiger partial charge in [-0.2, -0.15) is 0 Å². The third-order valence-corrected chi connectivity index (χ3v) is 4.63. The van der Waals surface area contributed by atoms with Crippen molar-refractivity contribution in [2.75, 3.05) is 51.3 Å². The van der Waals surface area contributed by atoms with E-state index in [2.05, 4.69) is 14.8 Å². The monoisotopic (exact) mass is 299 g/mol. The Balaban J connectivity index is 2.06. The zero-order valence-electron chi connectivity index (χ0n) is 12.0. The Morgan fingerprint density at radius 1 is 1.40 bits per heavy atom. The lowest BCUT2D eigenvalue weighted by Gasteiger charge is -2.20. The van der Waals surface area contributed by atoms with Crippen molar-refractivity contribution >= 4 is 22.4 Å². The van der Waals surface area contributed by atoms with Gasteiger partial charge in [0.1, 0.15) is 4.88 Å². The Bertz CT molecular complexity index is 464. The number of methoxy groups -OCH3 is 1. The molecule has 1 saturated heterocycles. The number of anilines is 1. The maximum atomic E-state index is 11.6. The molecule has 1 fully saturated rings. The molecule has 112 valence electrons. The molecule has 0 atom stereocenters. The van der Waals surface area contributed by atoms with E-state index < -0.39 is 0 Å². The summed E-state index contributed by atoms with van der Waals surface area (Å²) in [5.74, 6) is -0.317. The first-order valence-electron chi connectivity index (χ1n) is 6.79. The molecule has 0 radical (unpaired) electrons. The van der Waals surface area contributed by atoms with Crippen molar-refractivity contribution in [3.8, 4) is 0 Å². The standard InChI is InChI=1S/C13H21N3O3S/c1-10-11(12(18)19-2)20-13(14-10)16-5-3-4-15(6-7-16)8-9-17/h17H,3-9H2,1-2H3. The van der Waals surface area contributed by atoms with Crippen molar-refractivity contribution in [1.29, 1.82) is 0 Å². The third-order valence-electron chi connectivity index (χ3n) is 3.43. The highest BCUT2D eigenvalue weighted by Gasteiger charge is 2.21. The van der Waals surface area contributed by atoms with E-state index in [1.807, 2.05) is 6.92 Å². The van der Waals surface area contributed by atoms with E-state index >= 15 is 0 Å². The highest BCUT2D eigenvalue weighted by Crippen LogP contribution is 2.27. The number of esters is 1. The predicted molar refractivity (Wildman–Crippen MR) is 78.5 cm³/mol. The van der Waals surface area contributed by atoms with E-state index in [1.54, 1.807) is 0 Å². The molecule has 0 saturated carbocycles. The molecule has 20 heavy (non-hydrogen) atoms. The van der Waals surface area contributed by atoms with E-state index in [1.165, 1.54) is 18.4 Å². The SMILES string of the molecule is COC(=O)c1sc(N2CCCN(CCO)CC2)nc1C. The van der Waals surface area contributed by atoms with Gasteiger partial charge in [-0.1, -0.05) is 11.3 Å². The number of aliphatic hydroxyl groups is 1. The first kappa shape index (κ1) is 15.2. The van der Waals surface area contributed by atoms with E-state index in [-0.39, 0.29) is 12.6 Å². The summed E-state index contributed by atoms with van der Waals surface area (Å²) in [6.07, 6.45) is 1.03. The van der Waals surface area contributed by atoms with Crippen molar-refractivity contribution in [2.45, 2.75) is 13.3 Å². The van der Waals surface area contributed by atoms with Crippen LogP contribution < -0.4 is 4.90 Å². The Labute approximate surface area is 123 Å². The summed E-state index contributed by atoms with van der Waals surface area (Å²) < 4.78 is 4.77. The molecule has 2 rings (SSSR count). The molecule has 0 bridgehead atoms. The normalized spacial score (nSPS) is 17.1. The molecule has 0 aliphatic carbocycles. The van der Waals surface area contributed by atoms with Crippen LogP contribution in [0.5, 0.6) is 0 Å². The lowest BCUT2D eigenvalue weighted by molar-refractivity contribution is 0.0605. The fraction of sp³-hybridized carbons (Fsp3) is 0.692. The number of carbonyl (C=O) groups excluding carboxylic acids is 1. The van der Waals surface area contributed by atoms with Gasteiger partial charge in [0, 0.05) is 26.2 Å². The maximum absolute atomic E-state index is 11.6. The van der Waals surface area contributed by atoms with E-state index in [0.717, 1.165) is 50.0 Å². The Morgan fingerprint density at radius 2 is 2.20 bits per heavy atom. The van der Waals surface area contributed by atoms with Gasteiger partial charge in [0.05, 0.1) is 19.4 Å². The van der Waals surface area contributed by atoms with Crippen molar-refractivity contribution in [2.24, 2.45) is 0 Å². The molecule has 1 aromatic rings. The predicted octanol–water partition coefficient (Wildman–Crippen LogP) is 0.743. The number of hydrogen-bond acceptors (Lipinski definition) is 7. The molecule has 1 aliphatic rings. The van der Waals surface area contributed by atoms with Crippen LogP contribution in [0, 0.1) is 6.92 Å². The summed E-state index contributed by atoms with van der Waals surface area (Å²) in [4.78, 5) is 21.2. The van der Waals surface area contributed by atoms with Crippen LogP contribution in [-0.4, -0.2) is 67.4 Å². The summed E-state index contributed by atoms with van der Waals surface area (Å²) in [7, 11) is 1.39. The summed E-state index contributed by atoms with van der Waals surface area (Å²) >= 11 is 1.39. The molecule has 1 aromatic heterocycles. The Kier molecular flexibility index (Phi) is 5.33. The van der Waals surface area contributed by atoms with Gasteiger partial charge in [-0.05, 0) is 19.9 Å². The molecule has 6 nitrogen and oxygen atoms in total. The van der Waals surface area contributed by atoms with Crippen LogP contribution in [0.15, 0.2) is 0 Å². The highest BCUT2D eigenvalue weighted by molar-refractivity contribution is 7.17. The molecule has 1 aliphatic heterocycles. The van der Waals surface area contributed by atoms with Crippen LogP contribution in [0.3, 0.4) is 0 Å². The molecule has 1 N–H and O–H groups in total. The average Bonchev–Trinajstić information content (AvgIpc) is 2.68. The van der Waals surface area contributed by atoms with Gasteiger partial charge in [-0.3, -0.25) is 4.90 Å². The number of aliphatic hydroxyl groups excluding tert-OH is 1. The number of β-amino-alcohol motifs (C(OH)–C–C–N with tert-alkyl or cyclic N) is 1. The quantitative estimate of drug-likeness (QED) is 0.827. The second-order valence-electron chi connectivity index (χ2n) is 4.81. The van der Waals surface area contributed by atoms with Gasteiger partial charge < -0.3 is 14.7 Å². The van der Waals surface area contributed by atoms with Gasteiger partial charge in [-0.15, -0.1) is 0 Å². The fourth-order valence-corrected chi connectivity index (χ4v) is 3.36. The minimum Gasteiger partial charge on any atom is -0.465 e. The van der Waals surface area contributed by atoms with Crippen LogP contribution in [-0.2, 0) is 4.74 Å². The molecular formula is C13H21N3O3S. The number of aromatic nitrogens is 1. The number of hydrogen-bond donors (Lipinski definition) is 1.